The summed E-state index contributed by atoms with van der Waals surface area (Å²) < 4.78 is 0. The quantitative estimate of drug-likeness (QED) is 0.836. The number of halogens is 1. The molecule has 1 fully saturated rings. The summed E-state index contributed by atoms with van der Waals surface area (Å²) in [5, 5.41) is 19.3. The fourth-order valence-corrected chi connectivity index (χ4v) is 2.01. The zero-order valence-corrected chi connectivity index (χ0v) is 9.89. The van der Waals surface area contributed by atoms with Gasteiger partial charge in [0.05, 0.1) is 0 Å². The second-order valence-electron chi connectivity index (χ2n) is 3.93. The molecule has 0 aliphatic carbocycles. The number of amides is 1. The summed E-state index contributed by atoms with van der Waals surface area (Å²) in [6, 6.07) is 3.55. The molecule has 0 atom stereocenters. The van der Waals surface area contributed by atoms with Crippen molar-refractivity contribution in [2.75, 3.05) is 18.0 Å². The minimum absolute atomic E-state index is 0.0315. The summed E-state index contributed by atoms with van der Waals surface area (Å²) in [5.41, 5.74) is 0. The smallest absolute Gasteiger partial charge is 0.404 e. The number of hydrogen-bond acceptors (Lipinski definition) is 4. The Labute approximate surface area is 104 Å². The van der Waals surface area contributed by atoms with Crippen molar-refractivity contribution in [3.8, 4) is 0 Å². The highest BCUT2D eigenvalue weighted by molar-refractivity contribution is 6.29. The van der Waals surface area contributed by atoms with Crippen molar-refractivity contribution >= 4 is 23.5 Å². The van der Waals surface area contributed by atoms with E-state index in [1.165, 1.54) is 0 Å². The lowest BCUT2D eigenvalue weighted by Crippen LogP contribution is -2.44. The van der Waals surface area contributed by atoms with Crippen LogP contribution in [0, 0.1) is 0 Å². The molecule has 0 aromatic carbocycles. The molecule has 1 aromatic heterocycles. The van der Waals surface area contributed by atoms with Gasteiger partial charge in [-0.05, 0) is 25.0 Å². The van der Waals surface area contributed by atoms with Crippen LogP contribution in [-0.2, 0) is 0 Å². The van der Waals surface area contributed by atoms with E-state index in [9.17, 15) is 4.79 Å². The fourth-order valence-electron chi connectivity index (χ4n) is 1.91. The number of aromatic nitrogens is 2. The van der Waals surface area contributed by atoms with Gasteiger partial charge in [0.15, 0.2) is 11.0 Å². The summed E-state index contributed by atoms with van der Waals surface area (Å²) in [5.74, 6) is 0.781. The first kappa shape index (κ1) is 11.9. The highest BCUT2D eigenvalue weighted by atomic mass is 35.5. The predicted molar refractivity (Wildman–Crippen MR) is 63.4 cm³/mol. The van der Waals surface area contributed by atoms with Crippen molar-refractivity contribution in [3.63, 3.8) is 0 Å². The third kappa shape index (κ3) is 3.20. The molecule has 1 amide bonds. The number of anilines is 1. The molecular weight excluding hydrogens is 244 g/mol. The maximum absolute atomic E-state index is 10.5. The monoisotopic (exact) mass is 256 g/mol. The first-order chi connectivity index (χ1) is 8.15. The van der Waals surface area contributed by atoms with Gasteiger partial charge in [-0.1, -0.05) is 11.6 Å². The van der Waals surface area contributed by atoms with E-state index >= 15 is 0 Å². The second-order valence-corrected chi connectivity index (χ2v) is 4.31. The van der Waals surface area contributed by atoms with Crippen molar-refractivity contribution in [2.45, 2.75) is 18.9 Å². The SMILES string of the molecule is O=C(O)NC1CCN(c2ccc(Cl)nn2)CC1. The van der Waals surface area contributed by atoms with Crippen LogP contribution in [0.2, 0.25) is 5.15 Å². The number of nitrogens with zero attached hydrogens (tertiary/aromatic N) is 3. The predicted octanol–water partition coefficient (Wildman–Crippen LogP) is 1.37. The van der Waals surface area contributed by atoms with E-state index in [-0.39, 0.29) is 6.04 Å². The molecular formula is C10H13ClN4O2. The normalized spacial score (nSPS) is 16.9. The van der Waals surface area contributed by atoms with Gasteiger partial charge >= 0.3 is 6.09 Å². The molecule has 0 saturated carbocycles. The van der Waals surface area contributed by atoms with Crippen LogP contribution in [0.5, 0.6) is 0 Å². The van der Waals surface area contributed by atoms with Gasteiger partial charge in [-0.3, -0.25) is 0 Å². The topological polar surface area (TPSA) is 78.4 Å². The van der Waals surface area contributed by atoms with E-state index in [4.69, 9.17) is 16.7 Å². The maximum Gasteiger partial charge on any atom is 0.404 e. The van der Waals surface area contributed by atoms with Gasteiger partial charge in [0, 0.05) is 19.1 Å². The van der Waals surface area contributed by atoms with E-state index in [2.05, 4.69) is 20.4 Å². The average molecular weight is 257 g/mol. The van der Waals surface area contributed by atoms with Crippen molar-refractivity contribution in [2.24, 2.45) is 0 Å². The number of carbonyl (C=O) groups is 1. The third-order valence-electron chi connectivity index (χ3n) is 2.76. The number of piperidine rings is 1. The van der Waals surface area contributed by atoms with Crippen molar-refractivity contribution in [1.29, 1.82) is 0 Å². The minimum Gasteiger partial charge on any atom is -0.465 e. The highest BCUT2D eigenvalue weighted by Crippen LogP contribution is 2.18. The molecule has 2 rings (SSSR count). The largest absolute Gasteiger partial charge is 0.465 e. The van der Waals surface area contributed by atoms with E-state index in [0.717, 1.165) is 31.7 Å². The standard InChI is InChI=1S/C10H13ClN4O2/c11-8-1-2-9(14-13-8)15-5-3-7(4-6-15)12-10(16)17/h1-2,7,12H,3-6H2,(H,16,17). The summed E-state index contributed by atoms with van der Waals surface area (Å²) in [6.07, 6.45) is 0.586. The Hall–Kier alpha value is -1.56. The van der Waals surface area contributed by atoms with Crippen LogP contribution in [-0.4, -0.2) is 40.5 Å². The average Bonchev–Trinajstić information content (AvgIpc) is 2.30. The molecule has 2 heterocycles. The van der Waals surface area contributed by atoms with Gasteiger partial charge in [-0.2, -0.15) is 0 Å². The van der Waals surface area contributed by atoms with Crippen molar-refractivity contribution < 1.29 is 9.90 Å². The Bertz CT molecular complexity index is 390. The summed E-state index contributed by atoms with van der Waals surface area (Å²) in [4.78, 5) is 12.6. The zero-order valence-electron chi connectivity index (χ0n) is 9.14. The molecule has 1 saturated heterocycles. The van der Waals surface area contributed by atoms with Gasteiger partial charge in [0.2, 0.25) is 0 Å². The van der Waals surface area contributed by atoms with E-state index in [1.807, 2.05) is 6.07 Å². The third-order valence-corrected chi connectivity index (χ3v) is 2.97. The summed E-state index contributed by atoms with van der Waals surface area (Å²) >= 11 is 5.66. The molecule has 0 unspecified atom stereocenters. The van der Waals surface area contributed by atoms with Crippen molar-refractivity contribution in [1.82, 2.24) is 15.5 Å². The first-order valence-corrected chi connectivity index (χ1v) is 5.76. The van der Waals surface area contributed by atoms with Gasteiger partial charge < -0.3 is 15.3 Å². The van der Waals surface area contributed by atoms with Crippen LogP contribution >= 0.6 is 11.6 Å². The number of nitrogens with one attached hydrogen (secondary N) is 1. The molecule has 0 spiro atoms. The lowest BCUT2D eigenvalue weighted by atomic mass is 10.1. The van der Waals surface area contributed by atoms with Crippen LogP contribution in [0.25, 0.3) is 0 Å². The number of rotatable bonds is 2. The number of hydrogen-bond donors (Lipinski definition) is 2. The fraction of sp³-hybridized carbons (Fsp3) is 0.500. The van der Waals surface area contributed by atoms with E-state index < -0.39 is 6.09 Å². The molecule has 1 aliphatic heterocycles. The Morgan fingerprint density at radius 3 is 2.65 bits per heavy atom. The molecule has 1 aliphatic rings. The second kappa shape index (κ2) is 5.18. The van der Waals surface area contributed by atoms with Gasteiger partial charge in [-0.15, -0.1) is 10.2 Å². The van der Waals surface area contributed by atoms with Crippen molar-refractivity contribution in [3.05, 3.63) is 17.3 Å². The van der Waals surface area contributed by atoms with Crippen LogP contribution in [0.3, 0.4) is 0 Å². The molecule has 0 bridgehead atoms. The zero-order chi connectivity index (χ0) is 12.3. The maximum atomic E-state index is 10.5. The highest BCUT2D eigenvalue weighted by Gasteiger charge is 2.21. The lowest BCUT2D eigenvalue weighted by Gasteiger charge is -2.32. The minimum atomic E-state index is -0.963. The van der Waals surface area contributed by atoms with E-state index in [0.29, 0.717) is 5.15 Å². The molecule has 2 N–H and O–H groups in total. The Kier molecular flexibility index (Phi) is 3.63. The van der Waals surface area contributed by atoms with Crippen LogP contribution in [0.15, 0.2) is 12.1 Å². The molecule has 6 nitrogen and oxygen atoms in total. The number of carboxylic acid groups (broad SMARTS) is 1. The molecule has 7 heteroatoms. The van der Waals surface area contributed by atoms with Crippen LogP contribution in [0.4, 0.5) is 10.6 Å². The van der Waals surface area contributed by atoms with Gasteiger partial charge in [0.1, 0.15) is 0 Å². The molecule has 0 radical (unpaired) electrons. The van der Waals surface area contributed by atoms with Crippen LogP contribution in [0.1, 0.15) is 12.8 Å². The molecule has 92 valence electrons. The lowest BCUT2D eigenvalue weighted by molar-refractivity contribution is 0.187. The Balaban J connectivity index is 1.90. The van der Waals surface area contributed by atoms with Crippen LogP contribution < -0.4 is 10.2 Å². The van der Waals surface area contributed by atoms with Gasteiger partial charge in [-0.25, -0.2) is 4.79 Å². The van der Waals surface area contributed by atoms with E-state index in [1.54, 1.807) is 6.07 Å². The summed E-state index contributed by atoms with van der Waals surface area (Å²) in [6.45, 7) is 1.53. The van der Waals surface area contributed by atoms with Gasteiger partial charge in [0.25, 0.3) is 0 Å². The molecule has 1 aromatic rings. The molecule has 17 heavy (non-hydrogen) atoms. The summed E-state index contributed by atoms with van der Waals surface area (Å²) in [7, 11) is 0. The Morgan fingerprint density at radius 2 is 2.12 bits per heavy atom. The first-order valence-electron chi connectivity index (χ1n) is 5.39. The Morgan fingerprint density at radius 1 is 1.41 bits per heavy atom.